The summed E-state index contributed by atoms with van der Waals surface area (Å²) in [7, 11) is 5.52. The maximum absolute atomic E-state index is 13.4. The van der Waals surface area contributed by atoms with Crippen LogP contribution in [-0.2, 0) is 22.4 Å². The molecule has 0 saturated carbocycles. The second-order valence-corrected chi connectivity index (χ2v) is 9.85. The van der Waals surface area contributed by atoms with Gasteiger partial charge in [-0.3, -0.25) is 9.59 Å². The largest absolute Gasteiger partial charge is 0.507 e. The minimum absolute atomic E-state index is 0.110. The number of ether oxygens (including phenoxy) is 2. The average Bonchev–Trinajstić information content (AvgIpc) is 3.20. The fraction of sp³-hybridized carbons (Fsp3) is 0.290. The number of anilines is 1. The summed E-state index contributed by atoms with van der Waals surface area (Å²) in [6, 6.07) is 20.1. The maximum Gasteiger partial charge on any atom is 0.295 e. The van der Waals surface area contributed by atoms with Crippen LogP contribution in [0.25, 0.3) is 5.76 Å². The Morgan fingerprint density at radius 2 is 1.79 bits per heavy atom. The van der Waals surface area contributed by atoms with Crippen molar-refractivity contribution in [2.45, 2.75) is 25.3 Å². The number of fused-ring (bicyclic) bond motifs is 1. The summed E-state index contributed by atoms with van der Waals surface area (Å²) in [4.78, 5) is 30.3. The molecule has 3 aromatic carbocycles. The highest BCUT2D eigenvalue weighted by molar-refractivity contribution is 6.46. The van der Waals surface area contributed by atoms with Gasteiger partial charge in [0.2, 0.25) is 0 Å². The Balaban J connectivity index is 1.54. The van der Waals surface area contributed by atoms with Gasteiger partial charge in [0.25, 0.3) is 11.7 Å². The van der Waals surface area contributed by atoms with E-state index in [4.69, 9.17) is 9.47 Å². The van der Waals surface area contributed by atoms with E-state index < -0.39 is 17.7 Å². The third-order valence-electron chi connectivity index (χ3n) is 7.25. The number of methoxy groups -OCH3 is 1. The van der Waals surface area contributed by atoms with E-state index in [9.17, 15) is 14.7 Å². The van der Waals surface area contributed by atoms with Crippen molar-refractivity contribution in [2.75, 3.05) is 39.3 Å². The van der Waals surface area contributed by atoms with Crippen molar-refractivity contribution >= 4 is 23.1 Å². The van der Waals surface area contributed by atoms with Crippen LogP contribution in [-0.4, -0.2) is 56.1 Å². The van der Waals surface area contributed by atoms with Gasteiger partial charge in [-0.05, 0) is 78.4 Å². The van der Waals surface area contributed by atoms with Crippen molar-refractivity contribution in [3.8, 4) is 11.5 Å². The number of benzene rings is 3. The number of likely N-dealkylation sites (tertiary alicyclic amines) is 1. The van der Waals surface area contributed by atoms with Crippen LogP contribution in [0.5, 0.6) is 11.5 Å². The molecule has 0 bridgehead atoms. The van der Waals surface area contributed by atoms with E-state index in [1.807, 2.05) is 79.7 Å². The van der Waals surface area contributed by atoms with Crippen LogP contribution in [0.3, 0.4) is 0 Å². The van der Waals surface area contributed by atoms with Crippen molar-refractivity contribution < 1.29 is 24.2 Å². The van der Waals surface area contributed by atoms with Crippen LogP contribution < -0.4 is 14.4 Å². The standard InChI is InChI=1S/C31H32N2O5/c1-32(2)24-11-8-21(9-12-24)28-27(29(34)23-10-15-26-22(19-23)5-4-18-38-26)30(35)31(36)33(28)17-16-20-6-13-25(37-3)14-7-20/h6-15,19,28,34H,4-5,16-18H2,1-3H3/b29-27-. The fourth-order valence-corrected chi connectivity index (χ4v) is 5.12. The summed E-state index contributed by atoms with van der Waals surface area (Å²) in [5.74, 6) is 0.107. The van der Waals surface area contributed by atoms with Crippen molar-refractivity contribution in [1.82, 2.24) is 4.90 Å². The average molecular weight is 513 g/mol. The molecule has 0 radical (unpaired) electrons. The minimum Gasteiger partial charge on any atom is -0.507 e. The third-order valence-corrected chi connectivity index (χ3v) is 7.25. The lowest BCUT2D eigenvalue weighted by molar-refractivity contribution is -0.139. The van der Waals surface area contributed by atoms with Crippen LogP contribution in [0.2, 0.25) is 0 Å². The third kappa shape index (κ3) is 4.84. The molecule has 2 aliphatic heterocycles. The molecular weight excluding hydrogens is 480 g/mol. The number of amides is 1. The Kier molecular flexibility index (Phi) is 7.09. The number of hydrogen-bond donors (Lipinski definition) is 1. The van der Waals surface area contributed by atoms with E-state index in [0.29, 0.717) is 25.1 Å². The number of carbonyl (C=O) groups excluding carboxylic acids is 2. The number of carbonyl (C=O) groups is 2. The van der Waals surface area contributed by atoms with E-state index >= 15 is 0 Å². The monoisotopic (exact) mass is 512 g/mol. The lowest BCUT2D eigenvalue weighted by Gasteiger charge is -2.26. The molecule has 196 valence electrons. The first-order valence-corrected chi connectivity index (χ1v) is 12.8. The Morgan fingerprint density at radius 3 is 2.47 bits per heavy atom. The van der Waals surface area contributed by atoms with Gasteiger partial charge in [0.1, 0.15) is 17.3 Å². The first-order chi connectivity index (χ1) is 18.4. The van der Waals surface area contributed by atoms with E-state index in [1.54, 1.807) is 18.1 Å². The Bertz CT molecular complexity index is 1380. The molecule has 1 N–H and O–H groups in total. The minimum atomic E-state index is -0.697. The van der Waals surface area contributed by atoms with Gasteiger partial charge in [0.15, 0.2) is 0 Å². The Morgan fingerprint density at radius 1 is 1.05 bits per heavy atom. The number of Topliss-reactive ketones (excluding diaryl/α,β-unsaturated/α-hetero) is 1. The highest BCUT2D eigenvalue weighted by atomic mass is 16.5. The van der Waals surface area contributed by atoms with Crippen LogP contribution in [0.1, 0.15) is 34.7 Å². The molecule has 38 heavy (non-hydrogen) atoms. The summed E-state index contributed by atoms with van der Waals surface area (Å²) in [6.07, 6.45) is 2.28. The van der Waals surface area contributed by atoms with E-state index in [1.165, 1.54) is 0 Å². The zero-order valence-electron chi connectivity index (χ0n) is 21.9. The second kappa shape index (κ2) is 10.6. The van der Waals surface area contributed by atoms with Gasteiger partial charge < -0.3 is 24.4 Å². The molecule has 1 unspecified atom stereocenters. The number of aliphatic hydroxyl groups is 1. The molecule has 0 aromatic heterocycles. The predicted octanol–water partition coefficient (Wildman–Crippen LogP) is 4.75. The maximum atomic E-state index is 13.4. The van der Waals surface area contributed by atoms with Crippen molar-refractivity contribution in [3.05, 3.63) is 94.6 Å². The van der Waals surface area contributed by atoms with E-state index in [2.05, 4.69) is 0 Å². The topological polar surface area (TPSA) is 79.3 Å². The van der Waals surface area contributed by atoms with Crippen molar-refractivity contribution in [1.29, 1.82) is 0 Å². The van der Waals surface area contributed by atoms with Crippen LogP contribution >= 0.6 is 0 Å². The highest BCUT2D eigenvalue weighted by Crippen LogP contribution is 2.40. The molecule has 2 heterocycles. The number of aryl methyl sites for hydroxylation is 1. The molecule has 5 rings (SSSR count). The van der Waals surface area contributed by atoms with E-state index in [0.717, 1.165) is 46.7 Å². The Labute approximate surface area is 222 Å². The summed E-state index contributed by atoms with van der Waals surface area (Å²) in [5, 5.41) is 11.5. The van der Waals surface area contributed by atoms with Crippen molar-refractivity contribution in [3.63, 3.8) is 0 Å². The lowest BCUT2D eigenvalue weighted by atomic mass is 9.93. The quantitative estimate of drug-likeness (QED) is 0.280. The van der Waals surface area contributed by atoms with Crippen molar-refractivity contribution in [2.24, 2.45) is 0 Å². The molecule has 7 heteroatoms. The molecule has 0 aliphatic carbocycles. The molecule has 7 nitrogen and oxygen atoms in total. The SMILES string of the molecule is COc1ccc(CCN2C(=O)C(=O)/C(=C(\O)c3ccc4c(c3)CCCO4)C2c2ccc(N(C)C)cc2)cc1. The summed E-state index contributed by atoms with van der Waals surface area (Å²) >= 11 is 0. The molecule has 1 amide bonds. The van der Waals surface area contributed by atoms with Gasteiger partial charge >= 0.3 is 0 Å². The zero-order valence-corrected chi connectivity index (χ0v) is 21.9. The number of nitrogens with zero attached hydrogens (tertiary/aromatic N) is 2. The summed E-state index contributed by atoms with van der Waals surface area (Å²) < 4.78 is 11.0. The molecule has 1 atom stereocenters. The summed E-state index contributed by atoms with van der Waals surface area (Å²) in [5.41, 5.74) is 4.40. The normalized spacial score (nSPS) is 18.2. The van der Waals surface area contributed by atoms with Crippen LogP contribution in [0.4, 0.5) is 5.69 Å². The molecule has 1 fully saturated rings. The van der Waals surface area contributed by atoms with Gasteiger partial charge in [-0.15, -0.1) is 0 Å². The molecule has 1 saturated heterocycles. The van der Waals surface area contributed by atoms with E-state index in [-0.39, 0.29) is 11.3 Å². The number of rotatable bonds is 7. The molecule has 3 aromatic rings. The number of hydrogen-bond acceptors (Lipinski definition) is 6. The highest BCUT2D eigenvalue weighted by Gasteiger charge is 2.45. The van der Waals surface area contributed by atoms with Crippen LogP contribution in [0, 0.1) is 0 Å². The Hall–Kier alpha value is -4.26. The number of aliphatic hydroxyl groups excluding tert-OH is 1. The van der Waals surface area contributed by atoms with Gasteiger partial charge in [-0.1, -0.05) is 24.3 Å². The number of ketones is 1. The lowest BCUT2D eigenvalue weighted by Crippen LogP contribution is -2.31. The van der Waals surface area contributed by atoms with Gasteiger partial charge in [0, 0.05) is 31.9 Å². The summed E-state index contributed by atoms with van der Waals surface area (Å²) in [6.45, 7) is 0.992. The second-order valence-electron chi connectivity index (χ2n) is 9.85. The van der Waals surface area contributed by atoms with Gasteiger partial charge in [0.05, 0.1) is 25.3 Å². The zero-order chi connectivity index (χ0) is 26.8. The van der Waals surface area contributed by atoms with Crippen LogP contribution in [0.15, 0.2) is 72.3 Å². The fourth-order valence-electron chi connectivity index (χ4n) is 5.12. The first kappa shape index (κ1) is 25.4. The predicted molar refractivity (Wildman–Crippen MR) is 147 cm³/mol. The molecule has 2 aliphatic rings. The molecule has 0 spiro atoms. The smallest absolute Gasteiger partial charge is 0.295 e. The van der Waals surface area contributed by atoms with Gasteiger partial charge in [-0.25, -0.2) is 0 Å². The van der Waals surface area contributed by atoms with Gasteiger partial charge in [-0.2, -0.15) is 0 Å². The first-order valence-electron chi connectivity index (χ1n) is 12.8. The molecular formula is C31H32N2O5.